The molecule has 2 saturated heterocycles. The number of carbonyl (C=O) groups is 2. The molecule has 7 nitrogen and oxygen atoms in total. The van der Waals surface area contributed by atoms with Gasteiger partial charge in [-0.3, -0.25) is 5.10 Å². The smallest absolute Gasteiger partial charge is 0.356 e. The first-order chi connectivity index (χ1) is 15.8. The number of esters is 2. The minimum absolute atomic E-state index is 0.0706. The zero-order valence-electron chi connectivity index (χ0n) is 18.3. The molecule has 0 unspecified atom stereocenters. The average Bonchev–Trinajstić information content (AvgIpc) is 3.11. The van der Waals surface area contributed by atoms with Crippen LogP contribution >= 0.6 is 15.9 Å². The highest BCUT2D eigenvalue weighted by Gasteiger charge is 2.61. The zero-order chi connectivity index (χ0) is 23.2. The van der Waals surface area contributed by atoms with Gasteiger partial charge in [-0.25, -0.2) is 9.59 Å². The maximum Gasteiger partial charge on any atom is 0.356 e. The number of allylic oxidation sites excluding steroid dienone is 1. The molecule has 2 fully saturated rings. The van der Waals surface area contributed by atoms with Crippen LogP contribution in [-0.2, 0) is 19.0 Å². The van der Waals surface area contributed by atoms with E-state index in [0.717, 1.165) is 28.5 Å². The second kappa shape index (κ2) is 8.57. The number of benzene rings is 1. The van der Waals surface area contributed by atoms with E-state index in [1.165, 1.54) is 0 Å². The monoisotopic (exact) mass is 512 g/mol. The minimum atomic E-state index is -0.455. The van der Waals surface area contributed by atoms with Gasteiger partial charge in [0.05, 0.1) is 11.3 Å². The fourth-order valence-electron chi connectivity index (χ4n) is 4.68. The molecule has 33 heavy (non-hydrogen) atoms. The van der Waals surface area contributed by atoms with E-state index in [1.807, 2.05) is 24.3 Å². The van der Waals surface area contributed by atoms with Crippen molar-refractivity contribution in [3.05, 3.63) is 64.3 Å². The number of carbonyl (C=O) groups excluding carboxylic acids is 2. The Morgan fingerprint density at radius 2 is 2.15 bits per heavy atom. The molecule has 0 spiro atoms. The van der Waals surface area contributed by atoms with Crippen molar-refractivity contribution < 1.29 is 23.8 Å². The highest BCUT2D eigenvalue weighted by atomic mass is 79.9. The van der Waals surface area contributed by atoms with Crippen LogP contribution in [0.2, 0.25) is 0 Å². The Labute approximate surface area is 200 Å². The lowest BCUT2D eigenvalue weighted by Gasteiger charge is -2.20. The van der Waals surface area contributed by atoms with E-state index < -0.39 is 5.97 Å². The zero-order valence-corrected chi connectivity index (χ0v) is 19.9. The summed E-state index contributed by atoms with van der Waals surface area (Å²) in [5, 5.41) is 7.00. The van der Waals surface area contributed by atoms with Crippen molar-refractivity contribution in [1.82, 2.24) is 10.2 Å². The molecule has 1 aromatic heterocycles. The highest BCUT2D eigenvalue weighted by molar-refractivity contribution is 9.10. The fourth-order valence-corrected chi connectivity index (χ4v) is 4.95. The lowest BCUT2D eigenvalue weighted by atomic mass is 9.84. The summed E-state index contributed by atoms with van der Waals surface area (Å²) in [6.07, 6.45) is 4.80. The topological polar surface area (TPSA) is 93.8 Å². The number of aromatic nitrogens is 2. The molecule has 8 heteroatoms. The van der Waals surface area contributed by atoms with E-state index in [1.54, 1.807) is 6.07 Å². The molecule has 0 radical (unpaired) electrons. The number of halogens is 1. The predicted molar refractivity (Wildman–Crippen MR) is 124 cm³/mol. The van der Waals surface area contributed by atoms with Crippen LogP contribution in [-0.4, -0.2) is 46.6 Å². The lowest BCUT2D eigenvalue weighted by molar-refractivity contribution is -0.140. The van der Waals surface area contributed by atoms with Gasteiger partial charge in [0, 0.05) is 21.5 Å². The van der Waals surface area contributed by atoms with Gasteiger partial charge < -0.3 is 14.2 Å². The van der Waals surface area contributed by atoms with Gasteiger partial charge in [0.1, 0.15) is 24.5 Å². The average molecular weight is 513 g/mol. The van der Waals surface area contributed by atoms with Crippen molar-refractivity contribution in [1.29, 1.82) is 0 Å². The summed E-state index contributed by atoms with van der Waals surface area (Å²) in [6, 6.07) is 9.38. The molecular weight excluding hydrogens is 488 g/mol. The van der Waals surface area contributed by atoms with Gasteiger partial charge in [0.25, 0.3) is 0 Å². The van der Waals surface area contributed by atoms with Crippen molar-refractivity contribution in [2.45, 2.75) is 50.4 Å². The number of epoxide rings is 1. The van der Waals surface area contributed by atoms with Crippen LogP contribution in [0.5, 0.6) is 0 Å². The molecule has 2 aromatic rings. The quantitative estimate of drug-likeness (QED) is 0.275. The summed E-state index contributed by atoms with van der Waals surface area (Å²) >= 11 is 3.41. The molecule has 3 heterocycles. The van der Waals surface area contributed by atoms with E-state index in [-0.39, 0.29) is 36.3 Å². The molecule has 1 aromatic carbocycles. The van der Waals surface area contributed by atoms with Crippen molar-refractivity contribution >= 4 is 27.9 Å². The third-order valence-corrected chi connectivity index (χ3v) is 7.29. The Morgan fingerprint density at radius 3 is 2.94 bits per heavy atom. The molecule has 172 valence electrons. The molecule has 3 aliphatic rings. The Hall–Kier alpha value is -2.71. The van der Waals surface area contributed by atoms with Crippen LogP contribution in [0.25, 0.3) is 11.3 Å². The number of ether oxygens (including phenoxy) is 3. The number of hydrogen-bond donors (Lipinski definition) is 1. The highest BCUT2D eigenvalue weighted by Crippen LogP contribution is 2.49. The molecular formula is C25H25BrN2O5. The first-order valence-corrected chi connectivity index (χ1v) is 11.9. The second-order valence-electron chi connectivity index (χ2n) is 9.04. The van der Waals surface area contributed by atoms with Gasteiger partial charge in [0.15, 0.2) is 0 Å². The largest absolute Gasteiger partial charge is 0.456 e. The summed E-state index contributed by atoms with van der Waals surface area (Å²) in [4.78, 5) is 24.7. The second-order valence-corrected chi connectivity index (χ2v) is 9.96. The SMILES string of the molecule is C=C1C(=O)O[C@H]2[C@H]1CC/C(COC(=O)c1cc(-c3ccc(Br)cc3)n[nH]1)=C/CC[C@@]1(C)O[C@@H]21. The maximum atomic E-state index is 12.6. The number of nitrogens with one attached hydrogen (secondary N) is 1. The summed E-state index contributed by atoms with van der Waals surface area (Å²) in [5.74, 6) is -0.870. The Kier molecular flexibility index (Phi) is 5.74. The third kappa shape index (κ3) is 4.42. The van der Waals surface area contributed by atoms with Crippen LogP contribution < -0.4 is 0 Å². The maximum absolute atomic E-state index is 12.6. The molecule has 1 N–H and O–H groups in total. The van der Waals surface area contributed by atoms with Crippen LogP contribution in [0, 0.1) is 5.92 Å². The van der Waals surface area contributed by atoms with E-state index in [4.69, 9.17) is 14.2 Å². The summed E-state index contributed by atoms with van der Waals surface area (Å²) in [6.45, 7) is 6.19. The van der Waals surface area contributed by atoms with Gasteiger partial charge in [0.2, 0.25) is 0 Å². The van der Waals surface area contributed by atoms with Crippen LogP contribution in [0.4, 0.5) is 0 Å². The van der Waals surface area contributed by atoms with Gasteiger partial charge in [-0.2, -0.15) is 5.10 Å². The molecule has 0 amide bonds. The standard InChI is InChI=1S/C25H25BrN2O5/c1-14-18-10-5-15(4-3-11-25(2)22(33-25)21(18)32-23(14)29)13-31-24(30)20-12-19(27-28-20)16-6-8-17(26)9-7-16/h4,6-9,12,18,21-22H,1,3,5,10-11,13H2,2H3,(H,27,28)/b15-4-/t18-,21-,22-,25+/m0/s1. The number of fused-ring (bicyclic) bond motifs is 3. The van der Waals surface area contributed by atoms with Gasteiger partial charge in [-0.15, -0.1) is 0 Å². The Bertz CT molecular complexity index is 1140. The third-order valence-electron chi connectivity index (χ3n) is 6.77. The molecule has 0 saturated carbocycles. The number of hydrogen-bond acceptors (Lipinski definition) is 6. The van der Waals surface area contributed by atoms with Crippen molar-refractivity contribution in [2.24, 2.45) is 5.92 Å². The predicted octanol–water partition coefficient (Wildman–Crippen LogP) is 4.75. The van der Waals surface area contributed by atoms with Crippen molar-refractivity contribution in [2.75, 3.05) is 6.61 Å². The number of H-pyrrole nitrogens is 1. The summed E-state index contributed by atoms with van der Waals surface area (Å²) < 4.78 is 18.1. The number of aromatic amines is 1. The van der Waals surface area contributed by atoms with Crippen LogP contribution in [0.15, 0.2) is 58.6 Å². The molecule has 4 atom stereocenters. The van der Waals surface area contributed by atoms with E-state index in [0.29, 0.717) is 29.8 Å². The molecule has 2 aliphatic heterocycles. The normalized spacial score (nSPS) is 30.5. The first kappa shape index (κ1) is 22.1. The van der Waals surface area contributed by atoms with Crippen LogP contribution in [0.1, 0.15) is 43.1 Å². The van der Waals surface area contributed by atoms with E-state index in [2.05, 4.69) is 45.7 Å². The van der Waals surface area contributed by atoms with Gasteiger partial charge in [-0.05, 0) is 56.4 Å². The summed E-state index contributed by atoms with van der Waals surface area (Å²) in [7, 11) is 0. The first-order valence-electron chi connectivity index (χ1n) is 11.1. The van der Waals surface area contributed by atoms with Crippen LogP contribution in [0.3, 0.4) is 0 Å². The van der Waals surface area contributed by atoms with Crippen molar-refractivity contribution in [3.63, 3.8) is 0 Å². The minimum Gasteiger partial charge on any atom is -0.456 e. The van der Waals surface area contributed by atoms with E-state index >= 15 is 0 Å². The molecule has 0 bridgehead atoms. The number of nitrogens with zero attached hydrogens (tertiary/aromatic N) is 1. The Balaban J connectivity index is 1.24. The fraction of sp³-hybridized carbons (Fsp3) is 0.400. The van der Waals surface area contributed by atoms with Crippen molar-refractivity contribution in [3.8, 4) is 11.3 Å². The Morgan fingerprint density at radius 1 is 1.36 bits per heavy atom. The number of rotatable bonds is 4. The van der Waals surface area contributed by atoms with Gasteiger partial charge in [-0.1, -0.05) is 40.7 Å². The molecule has 1 aliphatic carbocycles. The summed E-state index contributed by atoms with van der Waals surface area (Å²) in [5.41, 5.74) is 3.12. The van der Waals surface area contributed by atoms with E-state index in [9.17, 15) is 9.59 Å². The lowest BCUT2D eigenvalue weighted by Crippen LogP contribution is -2.29. The van der Waals surface area contributed by atoms with Gasteiger partial charge >= 0.3 is 11.9 Å². The molecule has 5 rings (SSSR count).